The van der Waals surface area contributed by atoms with Gasteiger partial charge in [0.2, 0.25) is 0 Å². The molecule has 0 fully saturated rings. The molecule has 0 saturated carbocycles. The molecule has 0 heterocycles. The van der Waals surface area contributed by atoms with E-state index in [2.05, 4.69) is 116 Å². The van der Waals surface area contributed by atoms with Crippen molar-refractivity contribution in [2.24, 2.45) is 10.8 Å². The number of nitrogens with zero attached hydrogens (tertiary/aromatic N) is 1. The summed E-state index contributed by atoms with van der Waals surface area (Å²) in [6.45, 7) is 6.32. The van der Waals surface area contributed by atoms with Crippen molar-refractivity contribution in [2.45, 2.75) is 26.7 Å². The van der Waals surface area contributed by atoms with Crippen LogP contribution in [0.15, 0.2) is 72.9 Å². The van der Waals surface area contributed by atoms with Crippen LogP contribution in [0.2, 0.25) is 0 Å². The van der Waals surface area contributed by atoms with Gasteiger partial charge in [-0.3, -0.25) is 10.2 Å². The van der Waals surface area contributed by atoms with Gasteiger partial charge in [0.05, 0.1) is 0 Å². The fourth-order valence-electron chi connectivity index (χ4n) is 3.59. The minimum absolute atomic E-state index is 0.0987. The molecule has 0 bridgehead atoms. The monoisotopic (exact) mass is 427 g/mol. The van der Waals surface area contributed by atoms with Crippen LogP contribution < -0.4 is 20.4 Å². The van der Waals surface area contributed by atoms with Gasteiger partial charge in [-0.15, -0.1) is 0 Å². The SMILES string of the molecule is CN(C)c1ccc(P(=S)(NCC2(C)C=CC=CC2)NCC2(C)C=CC=CC2)cc1. The van der Waals surface area contributed by atoms with Gasteiger partial charge in [0, 0.05) is 49.0 Å². The van der Waals surface area contributed by atoms with Crippen LogP contribution >= 0.6 is 6.34 Å². The molecule has 29 heavy (non-hydrogen) atoms. The Morgan fingerprint density at radius 2 is 1.34 bits per heavy atom. The lowest BCUT2D eigenvalue weighted by atomic mass is 9.84. The van der Waals surface area contributed by atoms with E-state index in [1.54, 1.807) is 0 Å². The number of hydrogen-bond donors (Lipinski definition) is 2. The Morgan fingerprint density at radius 1 is 0.862 bits per heavy atom. The molecule has 3 rings (SSSR count). The predicted molar refractivity (Wildman–Crippen MR) is 133 cm³/mol. The van der Waals surface area contributed by atoms with Crippen LogP contribution in [0, 0.1) is 10.8 Å². The Hall–Kier alpha value is -1.45. The van der Waals surface area contributed by atoms with Gasteiger partial charge >= 0.3 is 0 Å². The molecule has 0 radical (unpaired) electrons. The molecule has 0 aromatic heterocycles. The van der Waals surface area contributed by atoms with Gasteiger partial charge in [-0.2, -0.15) is 0 Å². The van der Waals surface area contributed by atoms with Gasteiger partial charge < -0.3 is 4.90 Å². The Labute approximate surface area is 181 Å². The molecule has 0 saturated heterocycles. The first-order chi connectivity index (χ1) is 13.7. The molecule has 2 aliphatic carbocycles. The summed E-state index contributed by atoms with van der Waals surface area (Å²) in [4.78, 5) is 2.12. The number of hydrogen-bond acceptors (Lipinski definition) is 2. The van der Waals surface area contributed by atoms with Crippen LogP contribution in [0.25, 0.3) is 0 Å². The van der Waals surface area contributed by atoms with Crippen molar-refractivity contribution in [3.63, 3.8) is 0 Å². The van der Waals surface area contributed by atoms with Crippen molar-refractivity contribution in [1.29, 1.82) is 0 Å². The molecule has 0 aliphatic heterocycles. The first-order valence-corrected chi connectivity index (χ1v) is 13.1. The van der Waals surface area contributed by atoms with Crippen molar-refractivity contribution >= 4 is 29.1 Å². The maximum Gasteiger partial charge on any atom is 0.101 e. The standard InChI is InChI=1S/C24H34N3PS/c1-23(15-7-5-8-16-23)19-25-28(29,22-13-11-21(12-14-22)27(3)4)26-20-24(2)17-9-6-10-18-24/h5-15,17H,16,18-20H2,1-4H3,(H2,25,26,29). The summed E-state index contributed by atoms with van der Waals surface area (Å²) in [5, 5.41) is 8.79. The summed E-state index contributed by atoms with van der Waals surface area (Å²) < 4.78 is 0. The molecule has 2 unspecified atom stereocenters. The zero-order valence-electron chi connectivity index (χ0n) is 18.1. The highest BCUT2D eigenvalue weighted by Crippen LogP contribution is 2.40. The molecule has 2 N–H and O–H groups in total. The molecule has 0 amide bonds. The minimum Gasteiger partial charge on any atom is -0.378 e. The Bertz CT molecular complexity index is 825. The normalized spacial score (nSPS) is 27.7. The Kier molecular flexibility index (Phi) is 7.01. The molecule has 1 aromatic rings. The molecule has 3 nitrogen and oxygen atoms in total. The molecular formula is C24H34N3PS. The van der Waals surface area contributed by atoms with E-state index in [-0.39, 0.29) is 10.8 Å². The van der Waals surface area contributed by atoms with Crippen molar-refractivity contribution in [1.82, 2.24) is 10.2 Å². The lowest BCUT2D eigenvalue weighted by Crippen LogP contribution is -2.39. The summed E-state index contributed by atoms with van der Waals surface area (Å²) in [5.41, 5.74) is 1.39. The van der Waals surface area contributed by atoms with E-state index in [9.17, 15) is 0 Å². The summed E-state index contributed by atoms with van der Waals surface area (Å²) in [5.74, 6) is 0. The number of rotatable bonds is 8. The lowest BCUT2D eigenvalue weighted by molar-refractivity contribution is 0.419. The van der Waals surface area contributed by atoms with E-state index in [0.29, 0.717) is 0 Å². The number of anilines is 1. The fourth-order valence-corrected chi connectivity index (χ4v) is 6.55. The number of allylic oxidation sites excluding steroid dienone is 6. The third-order valence-electron chi connectivity index (χ3n) is 5.80. The molecule has 2 aliphatic rings. The van der Waals surface area contributed by atoms with Gasteiger partial charge in [0.1, 0.15) is 6.34 Å². The summed E-state index contributed by atoms with van der Waals surface area (Å²) in [7, 11) is 4.13. The molecular weight excluding hydrogens is 393 g/mol. The Balaban J connectivity index is 1.80. The van der Waals surface area contributed by atoms with Crippen LogP contribution in [0.1, 0.15) is 26.7 Å². The van der Waals surface area contributed by atoms with Crippen LogP contribution in [0.5, 0.6) is 0 Å². The van der Waals surface area contributed by atoms with E-state index in [1.165, 1.54) is 11.0 Å². The van der Waals surface area contributed by atoms with Gasteiger partial charge in [-0.05, 0) is 37.1 Å². The fraction of sp³-hybridized carbons (Fsp3) is 0.417. The van der Waals surface area contributed by atoms with Crippen molar-refractivity contribution in [3.05, 3.63) is 72.9 Å². The van der Waals surface area contributed by atoms with E-state index in [1.807, 2.05) is 0 Å². The van der Waals surface area contributed by atoms with Crippen LogP contribution in [0.4, 0.5) is 5.69 Å². The number of benzene rings is 1. The third kappa shape index (κ3) is 5.79. The molecule has 5 heteroatoms. The Morgan fingerprint density at radius 3 is 1.72 bits per heavy atom. The maximum absolute atomic E-state index is 6.30. The highest BCUT2D eigenvalue weighted by atomic mass is 32.4. The smallest absolute Gasteiger partial charge is 0.101 e. The summed E-state index contributed by atoms with van der Waals surface area (Å²) in [6, 6.07) is 8.70. The third-order valence-corrected chi connectivity index (χ3v) is 9.44. The van der Waals surface area contributed by atoms with Crippen LogP contribution in [0.3, 0.4) is 0 Å². The van der Waals surface area contributed by atoms with E-state index >= 15 is 0 Å². The highest BCUT2D eigenvalue weighted by molar-refractivity contribution is 8.16. The van der Waals surface area contributed by atoms with Gasteiger partial charge in [0.25, 0.3) is 0 Å². The average Bonchev–Trinajstić information content (AvgIpc) is 2.72. The van der Waals surface area contributed by atoms with Crippen molar-refractivity contribution in [2.75, 3.05) is 32.1 Å². The summed E-state index contributed by atoms with van der Waals surface area (Å²) in [6.07, 6.45) is 17.6. The topological polar surface area (TPSA) is 27.3 Å². The zero-order chi connectivity index (χ0) is 21.0. The van der Waals surface area contributed by atoms with Gasteiger partial charge in [-0.1, -0.05) is 74.3 Å². The van der Waals surface area contributed by atoms with Gasteiger partial charge in [-0.25, -0.2) is 0 Å². The summed E-state index contributed by atoms with van der Waals surface area (Å²) >= 11 is 6.30. The second-order valence-electron chi connectivity index (χ2n) is 8.98. The largest absolute Gasteiger partial charge is 0.378 e. The zero-order valence-corrected chi connectivity index (χ0v) is 19.8. The van der Waals surface area contributed by atoms with Crippen molar-refractivity contribution < 1.29 is 0 Å². The van der Waals surface area contributed by atoms with Gasteiger partial charge in [0.15, 0.2) is 0 Å². The second-order valence-corrected chi connectivity index (χ2v) is 13.0. The molecule has 2 atom stereocenters. The molecule has 156 valence electrons. The van der Waals surface area contributed by atoms with Crippen LogP contribution in [-0.4, -0.2) is 27.2 Å². The quantitative estimate of drug-likeness (QED) is 0.577. The van der Waals surface area contributed by atoms with E-state index in [4.69, 9.17) is 11.8 Å². The second kappa shape index (κ2) is 9.14. The first-order valence-electron chi connectivity index (χ1n) is 10.3. The van der Waals surface area contributed by atoms with E-state index in [0.717, 1.165) is 25.9 Å². The average molecular weight is 428 g/mol. The van der Waals surface area contributed by atoms with E-state index < -0.39 is 6.34 Å². The molecule has 0 spiro atoms. The van der Waals surface area contributed by atoms with Crippen LogP contribution in [-0.2, 0) is 11.8 Å². The minimum atomic E-state index is -2.14. The first kappa shape index (κ1) is 22.2. The predicted octanol–water partition coefficient (Wildman–Crippen LogP) is 4.91. The lowest BCUT2D eigenvalue weighted by Gasteiger charge is -2.35. The van der Waals surface area contributed by atoms with Crippen molar-refractivity contribution in [3.8, 4) is 0 Å². The molecule has 1 aromatic carbocycles. The maximum atomic E-state index is 6.30. The number of nitrogens with one attached hydrogen (secondary N) is 2. The highest BCUT2D eigenvalue weighted by Gasteiger charge is 2.29.